The zero-order chi connectivity index (χ0) is 31.6. The van der Waals surface area contributed by atoms with Gasteiger partial charge in [-0.05, 0) is 81.3 Å². The summed E-state index contributed by atoms with van der Waals surface area (Å²) in [5.74, 6) is 0.586. The van der Waals surface area contributed by atoms with Gasteiger partial charge in [-0.25, -0.2) is 14.4 Å². The predicted molar refractivity (Wildman–Crippen MR) is 183 cm³/mol. The number of hydrogen-bond acceptors (Lipinski definition) is 5. The highest BCUT2D eigenvalue weighted by atomic mass is 16.2. The fourth-order valence-corrected chi connectivity index (χ4v) is 6.85. The number of nitrogens with one attached hydrogen (secondary N) is 1. The van der Waals surface area contributed by atoms with Crippen molar-refractivity contribution in [2.24, 2.45) is 5.73 Å². The number of carbonyl (C=O) groups is 1. The maximum Gasteiger partial charge on any atom is 0.325 e. The van der Waals surface area contributed by atoms with E-state index in [2.05, 4.69) is 78.5 Å². The van der Waals surface area contributed by atoms with E-state index in [1.54, 1.807) is 15.8 Å². The van der Waals surface area contributed by atoms with Crippen LogP contribution in [0.1, 0.15) is 76.2 Å². The first-order valence-electron chi connectivity index (χ1n) is 16.5. The second-order valence-corrected chi connectivity index (χ2v) is 13.7. The third-order valence-corrected chi connectivity index (χ3v) is 9.33. The zero-order valence-electron chi connectivity index (χ0n) is 27.2. The maximum atomic E-state index is 13.4. The van der Waals surface area contributed by atoms with Crippen molar-refractivity contribution in [3.63, 3.8) is 0 Å². The van der Waals surface area contributed by atoms with E-state index in [-0.39, 0.29) is 11.0 Å². The minimum Gasteiger partial charge on any atom is -0.351 e. The van der Waals surface area contributed by atoms with Crippen LogP contribution in [-0.4, -0.2) is 51.9 Å². The molecule has 1 unspecified atom stereocenters. The number of hydrogen-bond donors (Lipinski definition) is 2. The Morgan fingerprint density at radius 2 is 1.80 bits per heavy atom. The molecule has 0 bridgehead atoms. The largest absolute Gasteiger partial charge is 0.351 e. The van der Waals surface area contributed by atoms with Crippen molar-refractivity contribution in [1.29, 1.82) is 0 Å². The molecular weight excluding hydrogens is 558 g/mol. The fourth-order valence-electron chi connectivity index (χ4n) is 6.85. The van der Waals surface area contributed by atoms with E-state index < -0.39 is 6.03 Å². The molecule has 4 aromatic rings. The standard InChI is InChI=1S/C37H47N7O/c1-27-15-16-28(26-39-27)44-34(25-33(41-44)36(2,3)4)43(35(38)45)32-18-17-31(29-13-7-8-14-30(29)32)37(19-9-5-10-20-37)40-21-24-42-22-11-6-12-23-42/h7-9,13-19,25-26,40H,5-6,10-12,20-24H2,1-4H3,(H2,38,45). The number of nitrogens with two attached hydrogens (primary N) is 1. The Bertz CT molecular complexity index is 1680. The lowest BCUT2D eigenvalue weighted by Crippen LogP contribution is -2.46. The fraction of sp³-hybridized carbons (Fsp3) is 0.432. The van der Waals surface area contributed by atoms with E-state index in [9.17, 15) is 4.79 Å². The molecule has 1 saturated heterocycles. The Labute approximate surface area is 267 Å². The summed E-state index contributed by atoms with van der Waals surface area (Å²) in [6, 6.07) is 18.0. The number of aryl methyl sites for hydroxylation is 1. The Morgan fingerprint density at radius 1 is 1.02 bits per heavy atom. The number of carbonyl (C=O) groups excluding carboxylic acids is 1. The monoisotopic (exact) mass is 605 g/mol. The van der Waals surface area contributed by atoms with Crippen molar-refractivity contribution in [3.05, 3.63) is 89.9 Å². The highest BCUT2D eigenvalue weighted by molar-refractivity contribution is 6.08. The molecule has 8 heteroatoms. The summed E-state index contributed by atoms with van der Waals surface area (Å²) < 4.78 is 1.79. The van der Waals surface area contributed by atoms with Crippen molar-refractivity contribution in [2.75, 3.05) is 31.1 Å². The van der Waals surface area contributed by atoms with Gasteiger partial charge >= 0.3 is 6.03 Å². The summed E-state index contributed by atoms with van der Waals surface area (Å²) in [5.41, 5.74) is 10.2. The van der Waals surface area contributed by atoms with Crippen LogP contribution in [0.3, 0.4) is 0 Å². The first-order chi connectivity index (χ1) is 21.7. The summed E-state index contributed by atoms with van der Waals surface area (Å²) in [7, 11) is 0. The van der Waals surface area contributed by atoms with Gasteiger partial charge in [-0.1, -0.05) is 69.7 Å². The van der Waals surface area contributed by atoms with Gasteiger partial charge in [0.25, 0.3) is 0 Å². The van der Waals surface area contributed by atoms with E-state index in [0.29, 0.717) is 5.82 Å². The molecule has 6 rings (SSSR count). The van der Waals surface area contributed by atoms with Gasteiger partial charge in [-0.2, -0.15) is 5.10 Å². The lowest BCUT2D eigenvalue weighted by molar-refractivity contribution is 0.219. The number of amides is 2. The number of piperidine rings is 1. The quantitative estimate of drug-likeness (QED) is 0.206. The van der Waals surface area contributed by atoms with Crippen molar-refractivity contribution >= 4 is 28.3 Å². The highest BCUT2D eigenvalue weighted by Crippen LogP contribution is 2.42. The third kappa shape index (κ3) is 6.40. The number of anilines is 2. The maximum absolute atomic E-state index is 13.4. The molecule has 236 valence electrons. The van der Waals surface area contributed by atoms with Crippen molar-refractivity contribution in [1.82, 2.24) is 25.0 Å². The topological polar surface area (TPSA) is 92.3 Å². The average molecular weight is 606 g/mol. The Morgan fingerprint density at radius 3 is 2.47 bits per heavy atom. The van der Waals surface area contributed by atoms with E-state index in [1.165, 1.54) is 37.9 Å². The molecule has 3 N–H and O–H groups in total. The molecule has 0 radical (unpaired) electrons. The van der Waals surface area contributed by atoms with Crippen LogP contribution in [0.25, 0.3) is 16.5 Å². The van der Waals surface area contributed by atoms with Gasteiger partial charge in [0, 0.05) is 35.7 Å². The van der Waals surface area contributed by atoms with Crippen molar-refractivity contribution in [2.45, 2.75) is 77.2 Å². The summed E-state index contributed by atoms with van der Waals surface area (Å²) in [5, 5.41) is 11.0. The molecule has 0 spiro atoms. The number of pyridine rings is 1. The highest BCUT2D eigenvalue weighted by Gasteiger charge is 2.34. The van der Waals surface area contributed by atoms with Crippen LogP contribution in [0.5, 0.6) is 0 Å². The molecule has 2 aromatic heterocycles. The van der Waals surface area contributed by atoms with Gasteiger partial charge in [0.05, 0.1) is 28.8 Å². The van der Waals surface area contributed by atoms with Gasteiger partial charge in [0.1, 0.15) is 5.82 Å². The summed E-state index contributed by atoms with van der Waals surface area (Å²) in [4.78, 5) is 22.1. The first-order valence-corrected chi connectivity index (χ1v) is 16.5. The van der Waals surface area contributed by atoms with Gasteiger partial charge in [-0.15, -0.1) is 0 Å². The Kier molecular flexibility index (Phi) is 8.80. The van der Waals surface area contributed by atoms with Crippen LogP contribution in [0.15, 0.2) is 72.9 Å². The van der Waals surface area contributed by atoms with Gasteiger partial charge in [-0.3, -0.25) is 4.98 Å². The first kappa shape index (κ1) is 31.0. The molecule has 1 aliphatic heterocycles. The number of nitrogens with zero attached hydrogens (tertiary/aromatic N) is 5. The van der Waals surface area contributed by atoms with Crippen LogP contribution >= 0.6 is 0 Å². The molecule has 1 aliphatic carbocycles. The van der Waals surface area contributed by atoms with E-state index in [0.717, 1.165) is 65.9 Å². The van der Waals surface area contributed by atoms with Crippen LogP contribution in [-0.2, 0) is 11.0 Å². The van der Waals surface area contributed by atoms with Crippen LogP contribution in [0.2, 0.25) is 0 Å². The lowest BCUT2D eigenvalue weighted by atomic mass is 9.78. The molecule has 2 amide bonds. The number of fused-ring (bicyclic) bond motifs is 1. The number of allylic oxidation sites excluding steroid dienone is 1. The van der Waals surface area contributed by atoms with E-state index in [4.69, 9.17) is 10.8 Å². The molecule has 3 heterocycles. The zero-order valence-corrected chi connectivity index (χ0v) is 27.2. The molecule has 1 fully saturated rings. The van der Waals surface area contributed by atoms with Crippen LogP contribution < -0.4 is 16.0 Å². The molecule has 1 atom stereocenters. The number of primary amides is 1. The second-order valence-electron chi connectivity index (χ2n) is 13.7. The SMILES string of the molecule is Cc1ccc(-n2nc(C(C)(C)C)cc2N(C(N)=O)c2ccc(C3(NCCN4CCCCC4)C=CCCC3)c3ccccc23)cn1. The van der Waals surface area contributed by atoms with Gasteiger partial charge in [0.15, 0.2) is 0 Å². The number of benzene rings is 2. The Balaban J connectivity index is 1.45. The minimum absolute atomic E-state index is 0.243. The normalized spacial score (nSPS) is 19.2. The third-order valence-electron chi connectivity index (χ3n) is 9.33. The number of urea groups is 1. The average Bonchev–Trinajstić information content (AvgIpc) is 3.48. The number of aromatic nitrogens is 3. The second kappa shape index (κ2) is 12.8. The number of rotatable bonds is 8. The smallest absolute Gasteiger partial charge is 0.325 e. The number of likely N-dealkylation sites (tertiary alicyclic amines) is 1. The molecule has 2 aliphatic rings. The summed E-state index contributed by atoms with van der Waals surface area (Å²) >= 11 is 0. The molecule has 0 saturated carbocycles. The van der Waals surface area contributed by atoms with Gasteiger partial charge in [0.2, 0.25) is 0 Å². The Hall–Kier alpha value is -4.01. The van der Waals surface area contributed by atoms with Crippen molar-refractivity contribution in [3.8, 4) is 5.69 Å². The van der Waals surface area contributed by atoms with E-state index >= 15 is 0 Å². The molecule has 2 aromatic carbocycles. The van der Waals surface area contributed by atoms with Crippen LogP contribution in [0.4, 0.5) is 16.3 Å². The molecular formula is C37H47N7O. The minimum atomic E-state index is -0.568. The molecule has 8 nitrogen and oxygen atoms in total. The lowest BCUT2D eigenvalue weighted by Gasteiger charge is -2.38. The summed E-state index contributed by atoms with van der Waals surface area (Å²) in [6.07, 6.45) is 13.6. The predicted octanol–water partition coefficient (Wildman–Crippen LogP) is 7.25. The van der Waals surface area contributed by atoms with Crippen LogP contribution in [0, 0.1) is 6.92 Å². The molecule has 45 heavy (non-hydrogen) atoms. The summed E-state index contributed by atoms with van der Waals surface area (Å²) in [6.45, 7) is 12.7. The van der Waals surface area contributed by atoms with Gasteiger partial charge < -0.3 is 16.0 Å². The van der Waals surface area contributed by atoms with Crippen molar-refractivity contribution < 1.29 is 4.79 Å². The van der Waals surface area contributed by atoms with E-state index in [1.807, 2.05) is 31.2 Å².